The van der Waals surface area contributed by atoms with Crippen molar-refractivity contribution in [2.24, 2.45) is 0 Å². The second kappa shape index (κ2) is 14.7. The van der Waals surface area contributed by atoms with Gasteiger partial charge in [0.15, 0.2) is 8.32 Å². The van der Waals surface area contributed by atoms with Crippen molar-refractivity contribution in [1.29, 1.82) is 0 Å². The van der Waals surface area contributed by atoms with Gasteiger partial charge < -0.3 is 8.85 Å². The summed E-state index contributed by atoms with van der Waals surface area (Å²) in [5.74, 6) is 0. The SMILES string of the molecule is CCCCC/C=C\[C@H](O[Si](C)(C)C(C)(C)C)[C@H](F)/C=C\CO[Si](c1ccccc1)(c1ccccc1)C(C)(C)C. The second-order valence-corrected chi connectivity index (χ2v) is 22.2. The summed E-state index contributed by atoms with van der Waals surface area (Å²) in [6, 6.07) is 21.1. The smallest absolute Gasteiger partial charge is 0.261 e. The average molecular weight is 569 g/mol. The van der Waals surface area contributed by atoms with Gasteiger partial charge in [-0.2, -0.15) is 0 Å². The van der Waals surface area contributed by atoms with E-state index in [2.05, 4.69) is 116 Å². The molecule has 2 atom stereocenters. The largest absolute Gasteiger partial charge is 0.407 e. The molecule has 2 rings (SSSR count). The normalized spacial score (nSPS) is 15.2. The van der Waals surface area contributed by atoms with E-state index in [0.717, 1.165) is 12.8 Å². The Hall–Kier alpha value is -1.80. The fourth-order valence-corrected chi connectivity index (χ4v) is 10.4. The van der Waals surface area contributed by atoms with E-state index < -0.39 is 28.9 Å². The van der Waals surface area contributed by atoms with Gasteiger partial charge in [-0.25, -0.2) is 4.39 Å². The molecule has 0 spiro atoms. The van der Waals surface area contributed by atoms with Gasteiger partial charge in [0.05, 0.1) is 12.7 Å². The van der Waals surface area contributed by atoms with Crippen LogP contribution < -0.4 is 10.4 Å². The minimum Gasteiger partial charge on any atom is -0.407 e. The molecular weight excluding hydrogens is 516 g/mol. The number of alkyl halides is 1. The molecule has 0 saturated heterocycles. The summed E-state index contributed by atoms with van der Waals surface area (Å²) >= 11 is 0. The van der Waals surface area contributed by atoms with Crippen molar-refractivity contribution in [2.75, 3.05) is 6.61 Å². The number of allylic oxidation sites excluding steroid dienone is 1. The molecule has 0 N–H and O–H groups in total. The average Bonchev–Trinajstić information content (AvgIpc) is 2.87. The molecule has 0 bridgehead atoms. The minimum absolute atomic E-state index is 0.0110. The molecule has 0 radical (unpaired) electrons. The van der Waals surface area contributed by atoms with Crippen molar-refractivity contribution in [2.45, 2.75) is 110 Å². The summed E-state index contributed by atoms with van der Waals surface area (Å²) < 4.78 is 29.2. The Morgan fingerprint density at radius 2 is 1.31 bits per heavy atom. The molecule has 0 amide bonds. The summed E-state index contributed by atoms with van der Waals surface area (Å²) in [6.45, 7) is 20.3. The molecule has 5 heteroatoms. The maximum absolute atomic E-state index is 15.8. The number of hydrogen-bond donors (Lipinski definition) is 0. The Bertz CT molecular complexity index is 981. The van der Waals surface area contributed by atoms with Crippen molar-refractivity contribution >= 4 is 27.0 Å². The van der Waals surface area contributed by atoms with Crippen molar-refractivity contribution in [3.8, 4) is 0 Å². The summed E-state index contributed by atoms with van der Waals surface area (Å²) in [6.07, 6.45) is 10.2. The molecule has 2 nitrogen and oxygen atoms in total. The third-order valence-electron chi connectivity index (χ3n) is 7.98. The predicted molar refractivity (Wildman–Crippen MR) is 173 cm³/mol. The second-order valence-electron chi connectivity index (χ2n) is 13.1. The molecule has 0 aliphatic heterocycles. The molecule has 216 valence electrons. The molecule has 0 aromatic heterocycles. The van der Waals surface area contributed by atoms with Gasteiger partial charge in [-0.1, -0.05) is 140 Å². The van der Waals surface area contributed by atoms with Crippen LogP contribution in [0.15, 0.2) is 85.0 Å². The molecule has 0 aliphatic carbocycles. The first-order valence-electron chi connectivity index (χ1n) is 14.7. The molecule has 0 aliphatic rings. The fourth-order valence-electron chi connectivity index (χ4n) is 4.70. The molecule has 0 fully saturated rings. The number of hydrogen-bond acceptors (Lipinski definition) is 2. The summed E-state index contributed by atoms with van der Waals surface area (Å²) in [5.41, 5.74) is 0. The molecule has 2 aromatic carbocycles. The number of unbranched alkanes of at least 4 members (excludes halogenated alkanes) is 3. The van der Waals surface area contributed by atoms with Crippen LogP contribution in [0.25, 0.3) is 0 Å². The topological polar surface area (TPSA) is 18.5 Å². The Morgan fingerprint density at radius 1 is 0.769 bits per heavy atom. The van der Waals surface area contributed by atoms with Crippen LogP contribution in [0.2, 0.25) is 23.2 Å². The molecule has 0 saturated carbocycles. The maximum atomic E-state index is 15.8. The first-order valence-corrected chi connectivity index (χ1v) is 19.5. The third-order valence-corrected chi connectivity index (χ3v) is 17.5. The highest BCUT2D eigenvalue weighted by atomic mass is 28.4. The van der Waals surface area contributed by atoms with Gasteiger partial charge in [-0.05, 0) is 52.5 Å². The van der Waals surface area contributed by atoms with E-state index in [1.807, 2.05) is 24.3 Å². The van der Waals surface area contributed by atoms with Crippen LogP contribution in [0, 0.1) is 0 Å². The van der Waals surface area contributed by atoms with E-state index in [-0.39, 0.29) is 10.1 Å². The van der Waals surface area contributed by atoms with Crippen LogP contribution in [0.3, 0.4) is 0 Å². The lowest BCUT2D eigenvalue weighted by molar-refractivity contribution is 0.149. The lowest BCUT2D eigenvalue weighted by Crippen LogP contribution is -2.66. The summed E-state index contributed by atoms with van der Waals surface area (Å²) in [5, 5.41) is 2.34. The standard InChI is InChI=1S/C34H53FO2Si2/c1-10-11-12-13-20-27-32(37-38(8,9)33(2,3)4)31(35)26-21-28-36-39(34(5,6)7,29-22-16-14-17-23-29)30-24-18-15-19-25-30/h14-27,31-32H,10-13,28H2,1-9H3/b26-21-,27-20-/t31-,32+/m1/s1. The Morgan fingerprint density at radius 3 is 1.77 bits per heavy atom. The highest BCUT2D eigenvalue weighted by molar-refractivity contribution is 6.99. The zero-order chi connectivity index (χ0) is 29.2. The lowest BCUT2D eigenvalue weighted by atomic mass is 10.1. The van der Waals surface area contributed by atoms with E-state index in [1.165, 1.54) is 23.2 Å². The van der Waals surface area contributed by atoms with Gasteiger partial charge in [-0.15, -0.1) is 0 Å². The van der Waals surface area contributed by atoms with E-state index in [4.69, 9.17) is 8.85 Å². The summed E-state index contributed by atoms with van der Waals surface area (Å²) in [7, 11) is -4.80. The number of benzene rings is 2. The number of halogens is 1. The third kappa shape index (κ3) is 9.11. The highest BCUT2D eigenvalue weighted by Gasteiger charge is 2.50. The molecule has 2 aromatic rings. The van der Waals surface area contributed by atoms with Gasteiger partial charge in [0.25, 0.3) is 8.32 Å². The highest BCUT2D eigenvalue weighted by Crippen LogP contribution is 2.38. The molecule has 0 unspecified atom stereocenters. The zero-order valence-electron chi connectivity index (χ0n) is 26.0. The van der Waals surface area contributed by atoms with E-state index >= 15 is 4.39 Å². The van der Waals surface area contributed by atoms with E-state index in [9.17, 15) is 0 Å². The monoisotopic (exact) mass is 568 g/mol. The molecule has 0 heterocycles. The minimum atomic E-state index is -2.66. The fraction of sp³-hybridized carbons (Fsp3) is 0.529. The van der Waals surface area contributed by atoms with Crippen molar-refractivity contribution in [3.05, 3.63) is 85.0 Å². The van der Waals surface area contributed by atoms with Crippen LogP contribution in [-0.2, 0) is 8.85 Å². The van der Waals surface area contributed by atoms with Gasteiger partial charge in [0.2, 0.25) is 0 Å². The first kappa shape index (κ1) is 33.4. The van der Waals surface area contributed by atoms with Gasteiger partial charge in [0.1, 0.15) is 6.17 Å². The van der Waals surface area contributed by atoms with Crippen molar-refractivity contribution in [1.82, 2.24) is 0 Å². The van der Waals surface area contributed by atoms with Crippen LogP contribution in [0.4, 0.5) is 4.39 Å². The van der Waals surface area contributed by atoms with Gasteiger partial charge in [0, 0.05) is 0 Å². The van der Waals surface area contributed by atoms with Crippen LogP contribution in [0.1, 0.15) is 74.1 Å². The van der Waals surface area contributed by atoms with Gasteiger partial charge in [-0.3, -0.25) is 0 Å². The Kier molecular flexibility index (Phi) is 12.6. The van der Waals surface area contributed by atoms with Crippen LogP contribution in [-0.4, -0.2) is 35.5 Å². The van der Waals surface area contributed by atoms with E-state index in [1.54, 1.807) is 6.08 Å². The van der Waals surface area contributed by atoms with Crippen molar-refractivity contribution in [3.63, 3.8) is 0 Å². The number of rotatable bonds is 14. The molecule has 39 heavy (non-hydrogen) atoms. The summed E-state index contributed by atoms with van der Waals surface area (Å²) in [4.78, 5) is 0. The maximum Gasteiger partial charge on any atom is 0.261 e. The van der Waals surface area contributed by atoms with Crippen LogP contribution in [0.5, 0.6) is 0 Å². The Balaban J connectivity index is 2.30. The van der Waals surface area contributed by atoms with Gasteiger partial charge >= 0.3 is 0 Å². The lowest BCUT2D eigenvalue weighted by Gasteiger charge is -2.42. The zero-order valence-corrected chi connectivity index (χ0v) is 28.0. The first-order chi connectivity index (χ1) is 18.3. The quantitative estimate of drug-likeness (QED) is 0.129. The van der Waals surface area contributed by atoms with Crippen LogP contribution >= 0.6 is 0 Å². The van der Waals surface area contributed by atoms with E-state index in [0.29, 0.717) is 6.61 Å². The molecular formula is C34H53FO2Si2. The van der Waals surface area contributed by atoms with Crippen molar-refractivity contribution < 1.29 is 13.2 Å². The predicted octanol–water partition coefficient (Wildman–Crippen LogP) is 8.98. The Labute approximate surface area is 241 Å².